The topological polar surface area (TPSA) is 48.7 Å². The van der Waals surface area contributed by atoms with Gasteiger partial charge in [0.05, 0.1) is 5.69 Å². The van der Waals surface area contributed by atoms with E-state index in [9.17, 15) is 0 Å². The molecule has 5 heteroatoms. The van der Waals surface area contributed by atoms with Crippen LogP contribution < -0.4 is 0 Å². The van der Waals surface area contributed by atoms with Crippen molar-refractivity contribution >= 4 is 5.65 Å². The molecule has 1 fully saturated rings. The molecular weight excluding hydrogens is 254 g/mol. The number of nitrogens with zero attached hydrogens (tertiary/aromatic N) is 3. The highest BCUT2D eigenvalue weighted by Gasteiger charge is 2.29. The van der Waals surface area contributed by atoms with Gasteiger partial charge in [0, 0.05) is 17.8 Å². The molecule has 0 bridgehead atoms. The Hall–Kier alpha value is -2.24. The summed E-state index contributed by atoms with van der Waals surface area (Å²) in [7, 11) is 0. The fraction of sp³-hybridized carbons (Fsp3) is 0.200. The van der Waals surface area contributed by atoms with Crippen molar-refractivity contribution in [2.75, 3.05) is 0 Å². The lowest BCUT2D eigenvalue weighted by Crippen LogP contribution is -2.32. The summed E-state index contributed by atoms with van der Waals surface area (Å²) in [6, 6.07) is 13.9. The summed E-state index contributed by atoms with van der Waals surface area (Å²) in [4.78, 5) is 4.53. The minimum Gasteiger partial charge on any atom is -0.318 e. The first-order valence-electron chi connectivity index (χ1n) is 6.52. The number of rotatable bonds is 2. The van der Waals surface area contributed by atoms with Crippen LogP contribution in [0.1, 0.15) is 18.9 Å². The Labute approximate surface area is 115 Å². The van der Waals surface area contributed by atoms with Crippen LogP contribution in [0, 0.1) is 0 Å². The maximum atomic E-state index is 5.45. The standard InChI is InChI=1S/C15H13N3O2/c1-10-19-15(20-10)12-7-8-18-14(16-12)9-13(17-18)11-5-3-2-4-6-11/h2-10,15H,1H3. The van der Waals surface area contributed by atoms with Crippen molar-refractivity contribution < 1.29 is 9.47 Å². The van der Waals surface area contributed by atoms with Crippen LogP contribution in [0.3, 0.4) is 0 Å². The molecule has 4 rings (SSSR count). The van der Waals surface area contributed by atoms with E-state index in [0.717, 1.165) is 22.6 Å². The SMILES string of the molecule is CC1OC(c2ccn3nc(-c4ccccc4)cc3n2)O1. The van der Waals surface area contributed by atoms with E-state index in [-0.39, 0.29) is 12.6 Å². The Bertz CT molecular complexity index is 748. The van der Waals surface area contributed by atoms with Crippen LogP contribution >= 0.6 is 0 Å². The molecule has 3 aromatic rings. The first-order valence-corrected chi connectivity index (χ1v) is 6.52. The molecule has 1 aromatic carbocycles. The second-order valence-corrected chi connectivity index (χ2v) is 4.72. The molecule has 20 heavy (non-hydrogen) atoms. The molecule has 100 valence electrons. The van der Waals surface area contributed by atoms with Crippen LogP contribution in [0.5, 0.6) is 0 Å². The van der Waals surface area contributed by atoms with E-state index in [0.29, 0.717) is 0 Å². The number of hydrogen-bond acceptors (Lipinski definition) is 4. The van der Waals surface area contributed by atoms with Gasteiger partial charge in [0.15, 0.2) is 11.9 Å². The summed E-state index contributed by atoms with van der Waals surface area (Å²) in [5, 5.41) is 4.51. The summed E-state index contributed by atoms with van der Waals surface area (Å²) in [5.74, 6) is 0. The Morgan fingerprint density at radius 2 is 1.90 bits per heavy atom. The molecule has 0 N–H and O–H groups in total. The predicted molar refractivity (Wildman–Crippen MR) is 72.8 cm³/mol. The van der Waals surface area contributed by atoms with Gasteiger partial charge in [-0.1, -0.05) is 30.3 Å². The molecule has 0 radical (unpaired) electrons. The van der Waals surface area contributed by atoms with Crippen molar-refractivity contribution in [3.8, 4) is 11.3 Å². The molecule has 0 aliphatic carbocycles. The van der Waals surface area contributed by atoms with Gasteiger partial charge < -0.3 is 9.47 Å². The summed E-state index contributed by atoms with van der Waals surface area (Å²) >= 11 is 0. The van der Waals surface area contributed by atoms with E-state index >= 15 is 0 Å². The molecule has 0 unspecified atom stereocenters. The van der Waals surface area contributed by atoms with Crippen LogP contribution in [0.25, 0.3) is 16.9 Å². The van der Waals surface area contributed by atoms with Gasteiger partial charge in [0.2, 0.25) is 6.29 Å². The van der Waals surface area contributed by atoms with Crippen LogP contribution in [-0.4, -0.2) is 20.9 Å². The fourth-order valence-corrected chi connectivity index (χ4v) is 2.27. The van der Waals surface area contributed by atoms with E-state index in [1.165, 1.54) is 0 Å². The van der Waals surface area contributed by atoms with E-state index in [4.69, 9.17) is 9.47 Å². The van der Waals surface area contributed by atoms with E-state index in [1.54, 1.807) is 4.52 Å². The lowest BCUT2D eigenvalue weighted by Gasteiger charge is -2.32. The Balaban J connectivity index is 1.73. The largest absolute Gasteiger partial charge is 0.318 e. The van der Waals surface area contributed by atoms with Crippen LogP contribution in [-0.2, 0) is 9.47 Å². The van der Waals surface area contributed by atoms with E-state index in [1.807, 2.05) is 55.6 Å². The molecule has 1 saturated heterocycles. The van der Waals surface area contributed by atoms with Gasteiger partial charge in [0.25, 0.3) is 0 Å². The summed E-state index contributed by atoms with van der Waals surface area (Å²) in [6.07, 6.45) is 1.37. The third-order valence-electron chi connectivity index (χ3n) is 3.29. The lowest BCUT2D eigenvalue weighted by atomic mass is 10.2. The maximum Gasteiger partial charge on any atom is 0.206 e. The first-order chi connectivity index (χ1) is 9.79. The summed E-state index contributed by atoms with van der Waals surface area (Å²) in [6.45, 7) is 1.86. The van der Waals surface area contributed by atoms with Gasteiger partial charge in [-0.05, 0) is 13.0 Å². The van der Waals surface area contributed by atoms with Gasteiger partial charge in [0.1, 0.15) is 5.69 Å². The zero-order valence-corrected chi connectivity index (χ0v) is 10.9. The van der Waals surface area contributed by atoms with Gasteiger partial charge in [-0.3, -0.25) is 0 Å². The minimum absolute atomic E-state index is 0.150. The molecule has 5 nitrogen and oxygen atoms in total. The quantitative estimate of drug-likeness (QED) is 0.716. The van der Waals surface area contributed by atoms with E-state index in [2.05, 4.69) is 10.1 Å². The van der Waals surface area contributed by atoms with Crippen LogP contribution in [0.4, 0.5) is 0 Å². The van der Waals surface area contributed by atoms with E-state index < -0.39 is 0 Å². The van der Waals surface area contributed by atoms with Gasteiger partial charge >= 0.3 is 0 Å². The third-order valence-corrected chi connectivity index (χ3v) is 3.29. The van der Waals surface area contributed by atoms with Gasteiger partial charge in [-0.15, -0.1) is 0 Å². The normalized spacial score (nSPS) is 21.9. The molecular formula is C15H13N3O2. The molecule has 0 atom stereocenters. The second kappa shape index (κ2) is 4.40. The fourth-order valence-electron chi connectivity index (χ4n) is 2.27. The molecule has 1 aliphatic rings. The monoisotopic (exact) mass is 267 g/mol. The molecule has 0 saturated carbocycles. The number of fused-ring (bicyclic) bond motifs is 1. The maximum absolute atomic E-state index is 5.45. The average Bonchev–Trinajstić information content (AvgIpc) is 2.88. The van der Waals surface area contributed by atoms with Crippen LogP contribution in [0.2, 0.25) is 0 Å². The smallest absolute Gasteiger partial charge is 0.206 e. The summed E-state index contributed by atoms with van der Waals surface area (Å²) in [5.41, 5.74) is 3.53. The van der Waals surface area contributed by atoms with Crippen LogP contribution in [0.15, 0.2) is 48.7 Å². The molecule has 0 amide bonds. The first kappa shape index (κ1) is 11.6. The zero-order valence-electron chi connectivity index (χ0n) is 10.9. The number of aromatic nitrogens is 3. The highest BCUT2D eigenvalue weighted by atomic mass is 16.9. The number of benzene rings is 1. The third kappa shape index (κ3) is 1.88. The minimum atomic E-state index is -0.356. The summed E-state index contributed by atoms with van der Waals surface area (Å²) < 4.78 is 12.7. The number of ether oxygens (including phenoxy) is 2. The van der Waals surface area contributed by atoms with Crippen molar-refractivity contribution in [2.24, 2.45) is 0 Å². The second-order valence-electron chi connectivity index (χ2n) is 4.72. The zero-order chi connectivity index (χ0) is 13.5. The highest BCUT2D eigenvalue weighted by molar-refractivity contribution is 5.63. The Morgan fingerprint density at radius 1 is 1.10 bits per heavy atom. The van der Waals surface area contributed by atoms with Crippen molar-refractivity contribution in [3.05, 3.63) is 54.4 Å². The Kier molecular flexibility index (Phi) is 2.55. The number of hydrogen-bond donors (Lipinski definition) is 0. The molecule has 2 aromatic heterocycles. The predicted octanol–water partition coefficient (Wildman–Crippen LogP) is 2.79. The molecule has 1 aliphatic heterocycles. The van der Waals surface area contributed by atoms with Crippen molar-refractivity contribution in [3.63, 3.8) is 0 Å². The van der Waals surface area contributed by atoms with Crippen molar-refractivity contribution in [1.82, 2.24) is 14.6 Å². The lowest BCUT2D eigenvalue weighted by molar-refractivity contribution is -0.383. The average molecular weight is 267 g/mol. The molecule has 0 spiro atoms. The van der Waals surface area contributed by atoms with Crippen molar-refractivity contribution in [2.45, 2.75) is 19.5 Å². The highest BCUT2D eigenvalue weighted by Crippen LogP contribution is 2.30. The Morgan fingerprint density at radius 3 is 2.65 bits per heavy atom. The molecule has 3 heterocycles. The van der Waals surface area contributed by atoms with Crippen molar-refractivity contribution in [1.29, 1.82) is 0 Å². The van der Waals surface area contributed by atoms with Gasteiger partial charge in [-0.2, -0.15) is 5.10 Å². The van der Waals surface area contributed by atoms with Gasteiger partial charge in [-0.25, -0.2) is 9.50 Å².